The Hall–Kier alpha value is -2.69. The minimum absolute atomic E-state index is 0.0294. The molecular weight excluding hydrogens is 355 g/mol. The lowest BCUT2D eigenvalue weighted by Gasteiger charge is -2.12. The summed E-state index contributed by atoms with van der Waals surface area (Å²) in [4.78, 5) is 24.7. The van der Waals surface area contributed by atoms with E-state index in [4.69, 9.17) is 0 Å². The molecule has 2 N–H and O–H groups in total. The molecule has 2 aromatic rings. The van der Waals surface area contributed by atoms with Gasteiger partial charge in [0.05, 0.1) is 0 Å². The first-order valence-electron chi connectivity index (χ1n) is 10.0. The Labute approximate surface area is 164 Å². The molecule has 146 valence electrons. The molecule has 2 amide bonds. The summed E-state index contributed by atoms with van der Waals surface area (Å²) in [5, 5.41) is 5.93. The van der Waals surface area contributed by atoms with Gasteiger partial charge >= 0.3 is 0 Å². The standard InChI is InChI=1S/C23H25FN2O2/c24-21-11-4-3-10-18(21)19-13-20(19)23(28)25-14-15-6-5-9-17(12-15)26-22(27)16-7-1-2-8-16/h3-6,9-12,16,19-20H,1-2,7-8,13-14H2,(H,25,28)(H,26,27). The van der Waals surface area contributed by atoms with Crippen LogP contribution in [0.3, 0.4) is 0 Å². The summed E-state index contributed by atoms with van der Waals surface area (Å²) in [5.41, 5.74) is 2.32. The van der Waals surface area contributed by atoms with Crippen molar-refractivity contribution >= 4 is 17.5 Å². The van der Waals surface area contributed by atoms with E-state index in [0.29, 0.717) is 18.5 Å². The zero-order valence-electron chi connectivity index (χ0n) is 15.8. The van der Waals surface area contributed by atoms with Gasteiger partial charge in [-0.25, -0.2) is 4.39 Å². The molecule has 4 nitrogen and oxygen atoms in total. The van der Waals surface area contributed by atoms with E-state index < -0.39 is 0 Å². The number of benzene rings is 2. The van der Waals surface area contributed by atoms with Crippen LogP contribution in [0, 0.1) is 17.7 Å². The van der Waals surface area contributed by atoms with Gasteiger partial charge in [-0.15, -0.1) is 0 Å². The predicted molar refractivity (Wildman–Crippen MR) is 106 cm³/mol. The average molecular weight is 380 g/mol. The number of halogens is 1. The van der Waals surface area contributed by atoms with Gasteiger partial charge in [-0.05, 0) is 54.5 Å². The van der Waals surface area contributed by atoms with Crippen LogP contribution < -0.4 is 10.6 Å². The number of carbonyl (C=O) groups is 2. The molecule has 0 aromatic heterocycles. The Balaban J connectivity index is 1.30. The highest BCUT2D eigenvalue weighted by atomic mass is 19.1. The smallest absolute Gasteiger partial charge is 0.227 e. The summed E-state index contributed by atoms with van der Waals surface area (Å²) in [5.74, 6) is -0.277. The molecule has 0 bridgehead atoms. The van der Waals surface area contributed by atoms with Gasteiger partial charge in [0.15, 0.2) is 0 Å². The van der Waals surface area contributed by atoms with E-state index in [1.807, 2.05) is 24.3 Å². The number of hydrogen-bond donors (Lipinski definition) is 2. The third-order valence-corrected chi connectivity index (χ3v) is 5.82. The summed E-state index contributed by atoms with van der Waals surface area (Å²) in [6.45, 7) is 0.395. The fraction of sp³-hybridized carbons (Fsp3) is 0.391. The van der Waals surface area contributed by atoms with E-state index in [-0.39, 0.29) is 35.4 Å². The molecule has 2 saturated carbocycles. The van der Waals surface area contributed by atoms with Crippen molar-refractivity contribution in [2.45, 2.75) is 44.6 Å². The Morgan fingerprint density at radius 2 is 1.79 bits per heavy atom. The van der Waals surface area contributed by atoms with Crippen molar-refractivity contribution in [3.8, 4) is 0 Å². The maximum atomic E-state index is 13.9. The Morgan fingerprint density at radius 1 is 1.00 bits per heavy atom. The SMILES string of the molecule is O=C(Nc1cccc(CNC(=O)C2CC2c2ccccc2F)c1)C1CCCC1. The topological polar surface area (TPSA) is 58.2 Å². The molecule has 0 aliphatic heterocycles. The summed E-state index contributed by atoms with van der Waals surface area (Å²) in [7, 11) is 0. The second-order valence-corrected chi connectivity index (χ2v) is 7.86. The van der Waals surface area contributed by atoms with E-state index in [1.165, 1.54) is 6.07 Å². The highest BCUT2D eigenvalue weighted by Gasteiger charge is 2.44. The molecule has 2 aliphatic carbocycles. The van der Waals surface area contributed by atoms with Gasteiger partial charge in [-0.2, -0.15) is 0 Å². The molecule has 0 heterocycles. The summed E-state index contributed by atoms with van der Waals surface area (Å²) >= 11 is 0. The van der Waals surface area contributed by atoms with Gasteiger partial charge in [0, 0.05) is 24.1 Å². The minimum atomic E-state index is -0.242. The Kier molecular flexibility index (Phi) is 5.42. The number of hydrogen-bond acceptors (Lipinski definition) is 2. The van der Waals surface area contributed by atoms with Crippen LogP contribution in [0.15, 0.2) is 48.5 Å². The molecule has 2 fully saturated rings. The molecule has 2 unspecified atom stereocenters. The summed E-state index contributed by atoms with van der Waals surface area (Å²) in [6, 6.07) is 14.2. The lowest BCUT2D eigenvalue weighted by Crippen LogP contribution is -2.25. The highest BCUT2D eigenvalue weighted by molar-refractivity contribution is 5.92. The van der Waals surface area contributed by atoms with Crippen molar-refractivity contribution in [3.63, 3.8) is 0 Å². The van der Waals surface area contributed by atoms with Crippen LogP contribution in [0.25, 0.3) is 0 Å². The molecule has 0 radical (unpaired) electrons. The average Bonchev–Trinajstić information content (AvgIpc) is 3.29. The zero-order chi connectivity index (χ0) is 19.5. The van der Waals surface area contributed by atoms with Gasteiger partial charge in [0.25, 0.3) is 0 Å². The maximum Gasteiger partial charge on any atom is 0.227 e. The van der Waals surface area contributed by atoms with Crippen LogP contribution >= 0.6 is 0 Å². The fourth-order valence-electron chi connectivity index (χ4n) is 4.12. The molecule has 4 rings (SSSR count). The van der Waals surface area contributed by atoms with E-state index in [9.17, 15) is 14.0 Å². The molecule has 0 spiro atoms. The lowest BCUT2D eigenvalue weighted by atomic mass is 10.1. The first kappa shape index (κ1) is 18.7. The first-order valence-corrected chi connectivity index (χ1v) is 10.0. The van der Waals surface area contributed by atoms with E-state index >= 15 is 0 Å². The van der Waals surface area contributed by atoms with Crippen LogP contribution in [0.5, 0.6) is 0 Å². The molecular formula is C23H25FN2O2. The number of carbonyl (C=O) groups excluding carboxylic acids is 2. The van der Waals surface area contributed by atoms with Crippen molar-refractivity contribution in [2.75, 3.05) is 5.32 Å². The van der Waals surface area contributed by atoms with Gasteiger partial charge in [0.2, 0.25) is 11.8 Å². The van der Waals surface area contributed by atoms with Crippen molar-refractivity contribution < 1.29 is 14.0 Å². The fourth-order valence-corrected chi connectivity index (χ4v) is 4.12. The molecule has 5 heteroatoms. The minimum Gasteiger partial charge on any atom is -0.352 e. The monoisotopic (exact) mass is 380 g/mol. The van der Waals surface area contributed by atoms with Crippen molar-refractivity contribution in [2.24, 2.45) is 11.8 Å². The Bertz CT molecular complexity index is 876. The number of nitrogens with one attached hydrogen (secondary N) is 2. The van der Waals surface area contributed by atoms with Crippen LogP contribution in [0.4, 0.5) is 10.1 Å². The van der Waals surface area contributed by atoms with Gasteiger partial charge in [-0.3, -0.25) is 9.59 Å². The quantitative estimate of drug-likeness (QED) is 0.782. The van der Waals surface area contributed by atoms with Gasteiger partial charge in [0.1, 0.15) is 5.82 Å². The largest absolute Gasteiger partial charge is 0.352 e. The predicted octanol–water partition coefficient (Wildman–Crippen LogP) is 4.37. The van der Waals surface area contributed by atoms with E-state index in [1.54, 1.807) is 18.2 Å². The molecule has 0 saturated heterocycles. The first-order chi connectivity index (χ1) is 13.6. The zero-order valence-corrected chi connectivity index (χ0v) is 15.8. The van der Waals surface area contributed by atoms with Crippen LogP contribution in [-0.2, 0) is 16.1 Å². The number of rotatable bonds is 6. The summed E-state index contributed by atoms with van der Waals surface area (Å²) < 4.78 is 13.9. The summed E-state index contributed by atoms with van der Waals surface area (Å²) in [6.07, 6.45) is 4.86. The lowest BCUT2D eigenvalue weighted by molar-refractivity contribution is -0.122. The van der Waals surface area contributed by atoms with Crippen LogP contribution in [0.1, 0.15) is 49.1 Å². The Morgan fingerprint density at radius 3 is 2.57 bits per heavy atom. The molecule has 2 atom stereocenters. The van der Waals surface area contributed by atoms with E-state index in [2.05, 4.69) is 10.6 Å². The number of amides is 2. The molecule has 2 aromatic carbocycles. The van der Waals surface area contributed by atoms with Crippen molar-refractivity contribution in [1.29, 1.82) is 0 Å². The molecule has 2 aliphatic rings. The molecule has 28 heavy (non-hydrogen) atoms. The van der Waals surface area contributed by atoms with Gasteiger partial charge in [-0.1, -0.05) is 43.2 Å². The second kappa shape index (κ2) is 8.13. The third kappa shape index (κ3) is 4.24. The number of anilines is 1. The third-order valence-electron chi connectivity index (χ3n) is 5.82. The van der Waals surface area contributed by atoms with Crippen LogP contribution in [0.2, 0.25) is 0 Å². The van der Waals surface area contributed by atoms with Crippen molar-refractivity contribution in [3.05, 3.63) is 65.5 Å². The van der Waals surface area contributed by atoms with Crippen LogP contribution in [-0.4, -0.2) is 11.8 Å². The maximum absolute atomic E-state index is 13.9. The normalized spacial score (nSPS) is 21.3. The van der Waals surface area contributed by atoms with E-state index in [0.717, 1.165) is 36.9 Å². The highest BCUT2D eigenvalue weighted by Crippen LogP contribution is 2.48. The van der Waals surface area contributed by atoms with Crippen molar-refractivity contribution in [1.82, 2.24) is 5.32 Å². The second-order valence-electron chi connectivity index (χ2n) is 7.86. The van der Waals surface area contributed by atoms with Gasteiger partial charge < -0.3 is 10.6 Å².